The van der Waals surface area contributed by atoms with Crippen molar-refractivity contribution in [1.82, 2.24) is 10.2 Å². The Hall–Kier alpha value is -1.67. The number of alkyl halides is 3. The summed E-state index contributed by atoms with van der Waals surface area (Å²) in [4.78, 5) is 2.30. The molecule has 0 radical (unpaired) electrons. The SMILES string of the molecule is COc1ccccc1[C@H](c1ccc(OC(F)(F)F)cc1)N1CCNCC1.Cl.Cl. The van der Waals surface area contributed by atoms with Crippen molar-refractivity contribution in [1.29, 1.82) is 0 Å². The van der Waals surface area contributed by atoms with Gasteiger partial charge >= 0.3 is 6.36 Å². The lowest BCUT2D eigenvalue weighted by Gasteiger charge is -2.36. The molecule has 1 saturated heterocycles. The summed E-state index contributed by atoms with van der Waals surface area (Å²) in [6, 6.07) is 13.7. The van der Waals surface area contributed by atoms with Crippen molar-refractivity contribution in [3.63, 3.8) is 0 Å². The molecule has 0 bridgehead atoms. The summed E-state index contributed by atoms with van der Waals surface area (Å²) in [5.41, 5.74) is 1.88. The Morgan fingerprint density at radius 1 is 0.964 bits per heavy atom. The highest BCUT2D eigenvalue weighted by Crippen LogP contribution is 2.36. The van der Waals surface area contributed by atoms with E-state index in [2.05, 4.69) is 15.0 Å². The molecule has 0 saturated carbocycles. The molecule has 1 heterocycles. The van der Waals surface area contributed by atoms with Gasteiger partial charge in [0, 0.05) is 31.7 Å². The fourth-order valence-electron chi connectivity index (χ4n) is 3.27. The number of benzene rings is 2. The normalized spacial score (nSPS) is 15.7. The molecule has 0 aliphatic carbocycles. The predicted octanol–water partition coefficient (Wildman–Crippen LogP) is 4.43. The van der Waals surface area contributed by atoms with Gasteiger partial charge in [-0.15, -0.1) is 38.0 Å². The summed E-state index contributed by atoms with van der Waals surface area (Å²) < 4.78 is 46.7. The van der Waals surface area contributed by atoms with Gasteiger partial charge in [-0.05, 0) is 23.8 Å². The van der Waals surface area contributed by atoms with Crippen LogP contribution in [-0.4, -0.2) is 44.6 Å². The highest BCUT2D eigenvalue weighted by molar-refractivity contribution is 5.85. The topological polar surface area (TPSA) is 33.7 Å². The van der Waals surface area contributed by atoms with E-state index in [0.717, 1.165) is 43.1 Å². The van der Waals surface area contributed by atoms with Crippen LogP contribution in [0.2, 0.25) is 0 Å². The van der Waals surface area contributed by atoms with Crippen molar-refractivity contribution >= 4 is 24.8 Å². The van der Waals surface area contributed by atoms with Crippen LogP contribution in [0, 0.1) is 0 Å². The standard InChI is InChI=1S/C19H21F3N2O2.2ClH/c1-25-17-5-3-2-4-16(17)18(24-12-10-23-11-13-24)14-6-8-15(9-7-14)26-19(20,21)22;;/h2-9,18,23H,10-13H2,1H3;2*1H/t18-;;/m0../s1. The first kappa shape index (κ1) is 24.4. The molecule has 4 nitrogen and oxygen atoms in total. The second-order valence-electron chi connectivity index (χ2n) is 6.05. The molecule has 0 aromatic heterocycles. The van der Waals surface area contributed by atoms with Gasteiger partial charge < -0.3 is 14.8 Å². The molecule has 1 aliphatic heterocycles. The van der Waals surface area contributed by atoms with Gasteiger partial charge in [0.25, 0.3) is 0 Å². The van der Waals surface area contributed by atoms with E-state index in [1.807, 2.05) is 24.3 Å². The number of para-hydroxylation sites is 1. The summed E-state index contributed by atoms with van der Waals surface area (Å²) in [5, 5.41) is 3.32. The molecule has 0 unspecified atom stereocenters. The molecule has 1 aliphatic rings. The van der Waals surface area contributed by atoms with E-state index < -0.39 is 6.36 Å². The lowest BCUT2D eigenvalue weighted by molar-refractivity contribution is -0.274. The number of rotatable bonds is 5. The zero-order valence-electron chi connectivity index (χ0n) is 15.2. The number of methoxy groups -OCH3 is 1. The maximum Gasteiger partial charge on any atom is 0.573 e. The molecule has 1 atom stereocenters. The average molecular weight is 439 g/mol. The third kappa shape index (κ3) is 6.17. The Labute approximate surface area is 174 Å². The molecule has 1 fully saturated rings. The summed E-state index contributed by atoms with van der Waals surface area (Å²) in [6.07, 6.45) is -4.69. The predicted molar refractivity (Wildman–Crippen MR) is 107 cm³/mol. The van der Waals surface area contributed by atoms with Crippen LogP contribution in [-0.2, 0) is 0 Å². The molecule has 9 heteroatoms. The van der Waals surface area contributed by atoms with Crippen LogP contribution in [0.4, 0.5) is 13.2 Å². The molecule has 3 rings (SSSR count). The van der Waals surface area contributed by atoms with E-state index in [4.69, 9.17) is 4.74 Å². The van der Waals surface area contributed by atoms with Crippen molar-refractivity contribution in [2.24, 2.45) is 0 Å². The van der Waals surface area contributed by atoms with Gasteiger partial charge in [-0.1, -0.05) is 30.3 Å². The van der Waals surface area contributed by atoms with Crippen LogP contribution in [0.25, 0.3) is 0 Å². The zero-order valence-corrected chi connectivity index (χ0v) is 16.9. The van der Waals surface area contributed by atoms with Crippen LogP contribution in [0.15, 0.2) is 48.5 Å². The molecule has 28 heavy (non-hydrogen) atoms. The Bertz CT molecular complexity index is 724. The third-order valence-corrected chi connectivity index (χ3v) is 4.38. The largest absolute Gasteiger partial charge is 0.573 e. The summed E-state index contributed by atoms with van der Waals surface area (Å²) in [6.45, 7) is 3.40. The molecule has 2 aromatic rings. The molecule has 0 amide bonds. The fourth-order valence-corrected chi connectivity index (χ4v) is 3.27. The van der Waals surface area contributed by atoms with E-state index in [1.165, 1.54) is 12.1 Å². The average Bonchev–Trinajstić information content (AvgIpc) is 2.63. The Kier molecular flexibility index (Phi) is 9.36. The van der Waals surface area contributed by atoms with Gasteiger partial charge in [0.1, 0.15) is 11.5 Å². The first-order chi connectivity index (χ1) is 12.5. The maximum atomic E-state index is 12.4. The minimum Gasteiger partial charge on any atom is -0.496 e. The van der Waals surface area contributed by atoms with E-state index in [0.29, 0.717) is 0 Å². The van der Waals surface area contributed by atoms with Crippen molar-refractivity contribution < 1.29 is 22.6 Å². The van der Waals surface area contributed by atoms with Gasteiger partial charge in [0.2, 0.25) is 0 Å². The van der Waals surface area contributed by atoms with E-state index in [9.17, 15) is 13.2 Å². The van der Waals surface area contributed by atoms with Crippen molar-refractivity contribution in [3.8, 4) is 11.5 Å². The van der Waals surface area contributed by atoms with Crippen LogP contribution in [0.3, 0.4) is 0 Å². The minimum atomic E-state index is -4.69. The smallest absolute Gasteiger partial charge is 0.496 e. The first-order valence-corrected chi connectivity index (χ1v) is 8.41. The van der Waals surface area contributed by atoms with E-state index in [-0.39, 0.29) is 36.6 Å². The van der Waals surface area contributed by atoms with Gasteiger partial charge in [-0.2, -0.15) is 0 Å². The van der Waals surface area contributed by atoms with Crippen LogP contribution in [0.1, 0.15) is 17.2 Å². The lowest BCUT2D eigenvalue weighted by atomic mass is 9.95. The molecule has 1 N–H and O–H groups in total. The number of ether oxygens (including phenoxy) is 2. The quantitative estimate of drug-likeness (QED) is 0.748. The second kappa shape index (κ2) is 10.8. The van der Waals surface area contributed by atoms with Crippen molar-refractivity contribution in [2.45, 2.75) is 12.4 Å². The van der Waals surface area contributed by atoms with E-state index in [1.54, 1.807) is 19.2 Å². The number of nitrogens with one attached hydrogen (secondary N) is 1. The highest BCUT2D eigenvalue weighted by Gasteiger charge is 2.31. The fraction of sp³-hybridized carbons (Fsp3) is 0.368. The molecule has 2 aromatic carbocycles. The molecular weight excluding hydrogens is 416 g/mol. The number of hydrogen-bond donors (Lipinski definition) is 1. The monoisotopic (exact) mass is 438 g/mol. The summed E-state index contributed by atoms with van der Waals surface area (Å²) in [5.74, 6) is 0.534. The van der Waals surface area contributed by atoms with Gasteiger partial charge in [0.15, 0.2) is 0 Å². The second-order valence-corrected chi connectivity index (χ2v) is 6.05. The van der Waals surface area contributed by atoms with Crippen LogP contribution >= 0.6 is 24.8 Å². The highest BCUT2D eigenvalue weighted by atomic mass is 35.5. The molecule has 0 spiro atoms. The lowest BCUT2D eigenvalue weighted by Crippen LogP contribution is -2.45. The number of hydrogen-bond acceptors (Lipinski definition) is 4. The van der Waals surface area contributed by atoms with E-state index >= 15 is 0 Å². The van der Waals surface area contributed by atoms with Gasteiger partial charge in [-0.3, -0.25) is 4.90 Å². The van der Waals surface area contributed by atoms with Crippen molar-refractivity contribution in [3.05, 3.63) is 59.7 Å². The maximum absolute atomic E-state index is 12.4. The number of nitrogens with zero attached hydrogens (tertiary/aromatic N) is 1. The minimum absolute atomic E-state index is 0. The Morgan fingerprint density at radius 3 is 2.14 bits per heavy atom. The number of halogens is 5. The summed E-state index contributed by atoms with van der Waals surface area (Å²) in [7, 11) is 1.62. The summed E-state index contributed by atoms with van der Waals surface area (Å²) >= 11 is 0. The number of piperazine rings is 1. The Balaban J connectivity index is 0.00000196. The molecular formula is C19H23Cl2F3N2O2. The van der Waals surface area contributed by atoms with Crippen LogP contribution < -0.4 is 14.8 Å². The third-order valence-electron chi connectivity index (χ3n) is 4.38. The molecule has 156 valence electrons. The van der Waals surface area contributed by atoms with Crippen LogP contribution in [0.5, 0.6) is 11.5 Å². The van der Waals surface area contributed by atoms with Crippen molar-refractivity contribution in [2.75, 3.05) is 33.3 Å². The van der Waals surface area contributed by atoms with Gasteiger partial charge in [0.05, 0.1) is 13.2 Å². The Morgan fingerprint density at radius 2 is 1.57 bits per heavy atom. The zero-order chi connectivity index (χ0) is 18.6. The van der Waals surface area contributed by atoms with Gasteiger partial charge in [-0.25, -0.2) is 0 Å². The first-order valence-electron chi connectivity index (χ1n) is 8.41.